The van der Waals surface area contributed by atoms with Crippen LogP contribution in [0.25, 0.3) is 0 Å². The first-order valence-electron chi connectivity index (χ1n) is 8.17. The molecule has 1 heterocycles. The van der Waals surface area contributed by atoms with Crippen molar-refractivity contribution in [3.05, 3.63) is 50.7 Å². The second kappa shape index (κ2) is 8.16. The molecule has 2 rings (SSSR count). The summed E-state index contributed by atoms with van der Waals surface area (Å²) in [4.78, 5) is 26.9. The fourth-order valence-corrected chi connectivity index (χ4v) is 3.57. The van der Waals surface area contributed by atoms with Crippen LogP contribution in [0.5, 0.6) is 0 Å². The summed E-state index contributed by atoms with van der Waals surface area (Å²) in [5.41, 5.74) is 5.18. The van der Waals surface area contributed by atoms with E-state index in [2.05, 4.69) is 10.6 Å². The summed E-state index contributed by atoms with van der Waals surface area (Å²) in [6, 6.07) is 5.82. The van der Waals surface area contributed by atoms with Gasteiger partial charge in [-0.2, -0.15) is 0 Å². The molecule has 3 amide bonds. The monoisotopic (exact) mass is 359 g/mol. The predicted octanol–water partition coefficient (Wildman–Crippen LogP) is 3.76. The third-order valence-corrected chi connectivity index (χ3v) is 5.06. The smallest absolute Gasteiger partial charge is 0.317 e. The summed E-state index contributed by atoms with van der Waals surface area (Å²) in [5, 5.41) is 7.75. The van der Waals surface area contributed by atoms with Gasteiger partial charge in [-0.15, -0.1) is 11.3 Å². The molecule has 25 heavy (non-hydrogen) atoms. The van der Waals surface area contributed by atoms with E-state index in [-0.39, 0.29) is 18.5 Å². The molecule has 5 nitrogen and oxygen atoms in total. The van der Waals surface area contributed by atoms with E-state index in [9.17, 15) is 9.59 Å². The van der Waals surface area contributed by atoms with E-state index in [0.717, 1.165) is 32.8 Å². The zero-order valence-electron chi connectivity index (χ0n) is 15.4. The maximum atomic E-state index is 12.3. The molecule has 134 valence electrons. The second-order valence-corrected chi connectivity index (χ2v) is 7.36. The Bertz CT molecular complexity index is 760. The van der Waals surface area contributed by atoms with Crippen molar-refractivity contribution >= 4 is 29.0 Å². The van der Waals surface area contributed by atoms with Crippen molar-refractivity contribution in [3.8, 4) is 0 Å². The van der Waals surface area contributed by atoms with E-state index >= 15 is 0 Å². The van der Waals surface area contributed by atoms with Gasteiger partial charge in [0.25, 0.3) is 0 Å². The Morgan fingerprint density at radius 3 is 2.28 bits per heavy atom. The maximum Gasteiger partial charge on any atom is 0.317 e. The van der Waals surface area contributed by atoms with Gasteiger partial charge in [-0.25, -0.2) is 4.79 Å². The molecule has 0 bridgehead atoms. The summed E-state index contributed by atoms with van der Waals surface area (Å²) in [6.45, 7) is 8.46. The number of nitrogens with zero attached hydrogens (tertiary/aromatic N) is 1. The summed E-state index contributed by atoms with van der Waals surface area (Å²) in [6.07, 6.45) is 0. The number of rotatable bonds is 5. The van der Waals surface area contributed by atoms with Crippen molar-refractivity contribution in [2.24, 2.45) is 0 Å². The predicted molar refractivity (Wildman–Crippen MR) is 103 cm³/mol. The van der Waals surface area contributed by atoms with Gasteiger partial charge in [-0.3, -0.25) is 4.79 Å². The molecule has 0 unspecified atom stereocenters. The van der Waals surface area contributed by atoms with Crippen LogP contribution in [0.3, 0.4) is 0 Å². The quantitative estimate of drug-likeness (QED) is 0.854. The standard InChI is InChI=1S/C19H25N3O2S/c1-12-8-14(3)18(15(4)9-12)21-17(23)11-22(5)19(24)20-10-16-13(2)6-7-25-16/h6-9H,10-11H2,1-5H3,(H,20,24)(H,21,23). The number of amides is 3. The number of hydrogen-bond acceptors (Lipinski definition) is 3. The highest BCUT2D eigenvalue weighted by Crippen LogP contribution is 2.21. The molecule has 1 aromatic heterocycles. The highest BCUT2D eigenvalue weighted by molar-refractivity contribution is 7.10. The molecule has 2 N–H and O–H groups in total. The molecule has 0 aliphatic carbocycles. The Hall–Kier alpha value is -2.34. The van der Waals surface area contributed by atoms with Crippen LogP contribution in [0.15, 0.2) is 23.6 Å². The average molecular weight is 359 g/mol. The van der Waals surface area contributed by atoms with Crippen LogP contribution >= 0.6 is 11.3 Å². The number of carbonyl (C=O) groups excluding carboxylic acids is 2. The van der Waals surface area contributed by atoms with Crippen molar-refractivity contribution in [2.45, 2.75) is 34.2 Å². The highest BCUT2D eigenvalue weighted by atomic mass is 32.1. The van der Waals surface area contributed by atoms with Gasteiger partial charge in [0.05, 0.1) is 6.54 Å². The normalized spacial score (nSPS) is 10.4. The fraction of sp³-hybridized carbons (Fsp3) is 0.368. The second-order valence-electron chi connectivity index (χ2n) is 6.36. The molecule has 0 fully saturated rings. The zero-order valence-corrected chi connectivity index (χ0v) is 16.2. The van der Waals surface area contributed by atoms with E-state index in [1.807, 2.05) is 51.3 Å². The maximum absolute atomic E-state index is 12.3. The largest absolute Gasteiger partial charge is 0.333 e. The fourth-order valence-electron chi connectivity index (χ4n) is 2.72. The number of anilines is 1. The number of urea groups is 1. The first kappa shape index (κ1) is 19.0. The van der Waals surface area contributed by atoms with Gasteiger partial charge in [0.15, 0.2) is 0 Å². The van der Waals surface area contributed by atoms with Crippen LogP contribution in [0.1, 0.15) is 27.1 Å². The number of carbonyl (C=O) groups is 2. The minimum Gasteiger partial charge on any atom is -0.333 e. The van der Waals surface area contributed by atoms with Crippen LogP contribution in [0, 0.1) is 27.7 Å². The first-order chi connectivity index (χ1) is 11.8. The number of nitrogens with one attached hydrogen (secondary N) is 2. The topological polar surface area (TPSA) is 61.4 Å². The number of aryl methyl sites for hydroxylation is 4. The molecule has 0 radical (unpaired) electrons. The van der Waals surface area contributed by atoms with Crippen LogP contribution in [-0.4, -0.2) is 30.4 Å². The summed E-state index contributed by atoms with van der Waals surface area (Å²) < 4.78 is 0. The lowest BCUT2D eigenvalue weighted by atomic mass is 10.1. The van der Waals surface area contributed by atoms with Gasteiger partial charge in [-0.1, -0.05) is 17.7 Å². The SMILES string of the molecule is Cc1cc(C)c(NC(=O)CN(C)C(=O)NCc2sccc2C)c(C)c1. The molecule has 2 aromatic rings. The number of thiophene rings is 1. The zero-order chi connectivity index (χ0) is 18.6. The lowest BCUT2D eigenvalue weighted by Gasteiger charge is -2.19. The molecule has 0 aliphatic heterocycles. The van der Waals surface area contributed by atoms with Gasteiger partial charge >= 0.3 is 6.03 Å². The minimum absolute atomic E-state index is 0.00200. The van der Waals surface area contributed by atoms with Gasteiger partial charge in [0.2, 0.25) is 5.91 Å². The minimum atomic E-state index is -0.264. The Kier molecular flexibility index (Phi) is 6.20. The molecule has 0 saturated carbocycles. The lowest BCUT2D eigenvalue weighted by molar-refractivity contribution is -0.116. The van der Waals surface area contributed by atoms with E-state index in [4.69, 9.17) is 0 Å². The Morgan fingerprint density at radius 2 is 1.72 bits per heavy atom. The number of hydrogen-bond donors (Lipinski definition) is 2. The number of likely N-dealkylation sites (N-methyl/N-ethyl adjacent to an activating group) is 1. The van der Waals surface area contributed by atoms with Crippen LogP contribution in [0.4, 0.5) is 10.5 Å². The van der Waals surface area contributed by atoms with Crippen LogP contribution in [0.2, 0.25) is 0 Å². The average Bonchev–Trinajstić information content (AvgIpc) is 2.93. The van der Waals surface area contributed by atoms with Crippen molar-refractivity contribution in [1.82, 2.24) is 10.2 Å². The molecule has 0 aliphatic rings. The Balaban J connectivity index is 1.89. The molecule has 0 saturated heterocycles. The van der Waals surface area contributed by atoms with Crippen LogP contribution < -0.4 is 10.6 Å². The summed E-state index contributed by atoms with van der Waals surface area (Å²) in [7, 11) is 1.62. The van der Waals surface area contributed by atoms with E-state index in [1.54, 1.807) is 18.4 Å². The molecule has 0 atom stereocenters. The van der Waals surface area contributed by atoms with Gasteiger partial charge < -0.3 is 15.5 Å². The van der Waals surface area contributed by atoms with Crippen molar-refractivity contribution in [2.75, 3.05) is 18.9 Å². The van der Waals surface area contributed by atoms with Gasteiger partial charge in [0, 0.05) is 17.6 Å². The van der Waals surface area contributed by atoms with Crippen molar-refractivity contribution in [3.63, 3.8) is 0 Å². The Labute approximate surface area is 153 Å². The molecule has 1 aromatic carbocycles. The van der Waals surface area contributed by atoms with E-state index < -0.39 is 0 Å². The molecular formula is C19H25N3O2S. The van der Waals surface area contributed by atoms with Gasteiger partial charge in [-0.05, 0) is 55.8 Å². The summed E-state index contributed by atoms with van der Waals surface area (Å²) >= 11 is 1.61. The molecule has 6 heteroatoms. The van der Waals surface area contributed by atoms with E-state index in [0.29, 0.717) is 6.54 Å². The Morgan fingerprint density at radius 1 is 1.08 bits per heavy atom. The third-order valence-electron chi connectivity index (χ3n) is 4.04. The number of benzene rings is 1. The molecular weight excluding hydrogens is 334 g/mol. The molecule has 0 spiro atoms. The van der Waals surface area contributed by atoms with Crippen LogP contribution in [-0.2, 0) is 11.3 Å². The highest BCUT2D eigenvalue weighted by Gasteiger charge is 2.15. The third kappa shape index (κ3) is 5.06. The van der Waals surface area contributed by atoms with Crippen molar-refractivity contribution < 1.29 is 9.59 Å². The van der Waals surface area contributed by atoms with E-state index in [1.165, 1.54) is 4.90 Å². The summed E-state index contributed by atoms with van der Waals surface area (Å²) in [5.74, 6) is -0.208. The lowest BCUT2D eigenvalue weighted by Crippen LogP contribution is -2.41. The first-order valence-corrected chi connectivity index (χ1v) is 9.05. The van der Waals surface area contributed by atoms with Gasteiger partial charge in [0.1, 0.15) is 6.54 Å². The van der Waals surface area contributed by atoms with Crippen molar-refractivity contribution in [1.29, 1.82) is 0 Å².